The van der Waals surface area contributed by atoms with E-state index in [9.17, 15) is 18.0 Å². The van der Waals surface area contributed by atoms with Crippen LogP contribution < -0.4 is 5.32 Å². The van der Waals surface area contributed by atoms with E-state index in [4.69, 9.17) is 4.42 Å². The Morgan fingerprint density at radius 1 is 1.29 bits per heavy atom. The Bertz CT molecular complexity index is 874. The smallest absolute Gasteiger partial charge is 0.403 e. The van der Waals surface area contributed by atoms with Crippen LogP contribution in [0.3, 0.4) is 0 Å². The summed E-state index contributed by atoms with van der Waals surface area (Å²) in [6.45, 7) is 4.59. The molecule has 1 N–H and O–H groups in total. The fraction of sp³-hybridized carbons (Fsp3) is 0.526. The van der Waals surface area contributed by atoms with Crippen molar-refractivity contribution in [1.29, 1.82) is 0 Å². The zero-order chi connectivity index (χ0) is 20.1. The van der Waals surface area contributed by atoms with Gasteiger partial charge in [0, 0.05) is 18.2 Å². The van der Waals surface area contributed by atoms with Crippen LogP contribution in [0.1, 0.15) is 38.7 Å². The molecule has 4 rings (SSSR count). The number of hydrogen-bond donors (Lipinski definition) is 1. The Labute approximate surface area is 160 Å². The Kier molecular flexibility index (Phi) is 4.35. The van der Waals surface area contributed by atoms with E-state index in [1.807, 2.05) is 4.90 Å². The van der Waals surface area contributed by atoms with Crippen molar-refractivity contribution in [2.75, 3.05) is 11.9 Å². The Balaban J connectivity index is 1.41. The molecule has 1 aliphatic heterocycles. The molecule has 2 aliphatic rings. The van der Waals surface area contributed by atoms with Gasteiger partial charge in [-0.25, -0.2) is 0 Å². The molecule has 150 valence electrons. The van der Waals surface area contributed by atoms with E-state index in [-0.39, 0.29) is 23.9 Å². The fourth-order valence-corrected chi connectivity index (χ4v) is 3.85. The highest BCUT2D eigenvalue weighted by atomic mass is 19.4. The summed E-state index contributed by atoms with van der Waals surface area (Å²) in [6, 6.07) is 4.19. The van der Waals surface area contributed by atoms with Gasteiger partial charge in [-0.05, 0) is 62.8 Å². The molecular formula is C19H21F3N4O2. The van der Waals surface area contributed by atoms with Crippen LogP contribution in [0, 0.1) is 5.41 Å². The van der Waals surface area contributed by atoms with Gasteiger partial charge in [-0.2, -0.15) is 13.2 Å². The van der Waals surface area contributed by atoms with E-state index >= 15 is 0 Å². The first-order valence-electron chi connectivity index (χ1n) is 9.25. The monoisotopic (exact) mass is 394 g/mol. The summed E-state index contributed by atoms with van der Waals surface area (Å²) in [6.07, 6.45) is -0.988. The van der Waals surface area contributed by atoms with E-state index in [1.165, 1.54) is 25.0 Å². The van der Waals surface area contributed by atoms with Crippen LogP contribution in [0.15, 0.2) is 28.7 Å². The van der Waals surface area contributed by atoms with E-state index in [2.05, 4.69) is 22.4 Å². The van der Waals surface area contributed by atoms with Gasteiger partial charge in [0.15, 0.2) is 0 Å². The second-order valence-electron chi connectivity index (χ2n) is 7.87. The lowest BCUT2D eigenvalue weighted by molar-refractivity contribution is -0.137. The van der Waals surface area contributed by atoms with Crippen molar-refractivity contribution in [1.82, 2.24) is 15.1 Å². The summed E-state index contributed by atoms with van der Waals surface area (Å²) in [5.41, 5.74) is -0.0486. The first kappa shape index (κ1) is 18.8. The van der Waals surface area contributed by atoms with Crippen molar-refractivity contribution in [3.63, 3.8) is 0 Å². The van der Waals surface area contributed by atoms with Gasteiger partial charge in [0.2, 0.25) is 11.8 Å². The molecule has 1 spiro atoms. The molecule has 28 heavy (non-hydrogen) atoms. The molecule has 1 aliphatic carbocycles. The summed E-state index contributed by atoms with van der Waals surface area (Å²) >= 11 is 0. The molecule has 1 saturated carbocycles. The zero-order valence-electron chi connectivity index (χ0n) is 15.6. The van der Waals surface area contributed by atoms with Gasteiger partial charge in [-0.15, -0.1) is 5.10 Å². The van der Waals surface area contributed by atoms with Gasteiger partial charge >= 0.3 is 12.2 Å². The average Bonchev–Trinajstić information content (AvgIpc) is 3.08. The summed E-state index contributed by atoms with van der Waals surface area (Å²) in [4.78, 5) is 14.7. The first-order valence-corrected chi connectivity index (χ1v) is 9.25. The largest absolute Gasteiger partial charge is 0.416 e. The topological polar surface area (TPSA) is 71.3 Å². The molecule has 1 amide bonds. The van der Waals surface area contributed by atoms with E-state index in [1.54, 1.807) is 6.92 Å². The number of alkyl halides is 3. The van der Waals surface area contributed by atoms with Gasteiger partial charge in [0.25, 0.3) is 0 Å². The second kappa shape index (κ2) is 6.49. The van der Waals surface area contributed by atoms with Gasteiger partial charge in [-0.1, -0.05) is 5.10 Å². The number of nitrogens with one attached hydrogen (secondary N) is 1. The number of halogens is 3. The molecule has 0 bridgehead atoms. The lowest BCUT2D eigenvalue weighted by atomic mass is 10.0. The number of benzene rings is 1. The van der Waals surface area contributed by atoms with Crippen LogP contribution in [-0.4, -0.2) is 39.6 Å². The number of carbonyl (C=O) groups excluding carboxylic acids is 1. The number of aromatic nitrogens is 2. The van der Waals surface area contributed by atoms with Crippen molar-refractivity contribution >= 4 is 11.9 Å². The molecule has 2 atom stereocenters. The van der Waals surface area contributed by atoms with Crippen LogP contribution in [-0.2, 0) is 11.0 Å². The van der Waals surface area contributed by atoms with Crippen molar-refractivity contribution in [2.24, 2.45) is 5.41 Å². The minimum atomic E-state index is -4.40. The van der Waals surface area contributed by atoms with E-state index < -0.39 is 17.8 Å². The molecule has 0 radical (unpaired) electrons. The number of anilines is 1. The predicted molar refractivity (Wildman–Crippen MR) is 95.3 cm³/mol. The molecular weight excluding hydrogens is 373 g/mol. The molecule has 1 saturated heterocycles. The van der Waals surface area contributed by atoms with Crippen LogP contribution >= 0.6 is 0 Å². The molecule has 2 heterocycles. The van der Waals surface area contributed by atoms with Crippen molar-refractivity contribution in [3.05, 3.63) is 29.8 Å². The first-order chi connectivity index (χ1) is 13.2. The lowest BCUT2D eigenvalue weighted by Gasteiger charge is -2.25. The second-order valence-corrected chi connectivity index (χ2v) is 7.87. The van der Waals surface area contributed by atoms with E-state index in [0.29, 0.717) is 11.0 Å². The summed E-state index contributed by atoms with van der Waals surface area (Å²) in [7, 11) is 0. The number of amides is 1. The average molecular weight is 394 g/mol. The van der Waals surface area contributed by atoms with Gasteiger partial charge in [0.1, 0.15) is 6.04 Å². The Morgan fingerprint density at radius 3 is 2.54 bits per heavy atom. The van der Waals surface area contributed by atoms with Crippen molar-refractivity contribution in [3.8, 4) is 11.5 Å². The highest BCUT2D eigenvalue weighted by molar-refractivity contribution is 5.84. The minimum Gasteiger partial charge on any atom is -0.403 e. The maximum atomic E-state index is 12.8. The zero-order valence-corrected chi connectivity index (χ0v) is 15.6. The molecule has 0 unspecified atom stereocenters. The van der Waals surface area contributed by atoms with Crippen molar-refractivity contribution < 1.29 is 22.4 Å². The van der Waals surface area contributed by atoms with Crippen LogP contribution in [0.25, 0.3) is 11.5 Å². The number of rotatable bonds is 4. The molecule has 1 aromatic heterocycles. The predicted octanol–water partition coefficient (Wildman–Crippen LogP) is 3.96. The molecule has 2 fully saturated rings. The number of likely N-dealkylation sites (tertiary alicyclic amines) is 1. The Hall–Kier alpha value is -2.58. The Morgan fingerprint density at radius 2 is 1.96 bits per heavy atom. The van der Waals surface area contributed by atoms with Gasteiger partial charge < -0.3 is 14.6 Å². The maximum Gasteiger partial charge on any atom is 0.416 e. The number of hydrogen-bond acceptors (Lipinski definition) is 5. The highest BCUT2D eigenvalue weighted by Crippen LogP contribution is 2.54. The SMILES string of the molecule is C[C@@H]1CC2(CC2)CN1C(=O)[C@@H](C)Nc1nnc(-c2ccc(C(F)(F)F)cc2)o1. The van der Waals surface area contributed by atoms with E-state index in [0.717, 1.165) is 25.1 Å². The normalized spacial score (nSPS) is 21.8. The lowest BCUT2D eigenvalue weighted by Crippen LogP contribution is -2.43. The third-order valence-corrected chi connectivity index (χ3v) is 5.60. The van der Waals surface area contributed by atoms with Crippen LogP contribution in [0.2, 0.25) is 0 Å². The van der Waals surface area contributed by atoms with Crippen LogP contribution in [0.4, 0.5) is 19.2 Å². The van der Waals surface area contributed by atoms with Gasteiger partial charge in [-0.3, -0.25) is 4.79 Å². The van der Waals surface area contributed by atoms with Crippen molar-refractivity contribution in [2.45, 2.75) is 51.4 Å². The molecule has 6 nitrogen and oxygen atoms in total. The molecule has 9 heteroatoms. The summed E-state index contributed by atoms with van der Waals surface area (Å²) < 4.78 is 43.4. The summed E-state index contributed by atoms with van der Waals surface area (Å²) in [5.74, 6) is 0.0629. The number of carbonyl (C=O) groups is 1. The highest BCUT2D eigenvalue weighted by Gasteiger charge is 2.52. The molecule has 1 aromatic carbocycles. The third kappa shape index (κ3) is 3.57. The third-order valence-electron chi connectivity index (χ3n) is 5.60. The standard InChI is InChI=1S/C19H21F3N4O2/c1-11-9-18(7-8-18)10-26(11)16(27)12(2)23-17-25-24-15(28-17)13-3-5-14(6-4-13)19(20,21)22/h3-6,11-12H,7-10H2,1-2H3,(H,23,25)/t11-,12-/m1/s1. The summed E-state index contributed by atoms with van der Waals surface area (Å²) in [5, 5.41) is 10.6. The van der Waals surface area contributed by atoms with Gasteiger partial charge in [0.05, 0.1) is 5.56 Å². The number of nitrogens with zero attached hydrogens (tertiary/aromatic N) is 3. The van der Waals surface area contributed by atoms with Crippen LogP contribution in [0.5, 0.6) is 0 Å². The maximum absolute atomic E-state index is 12.8. The fourth-order valence-electron chi connectivity index (χ4n) is 3.85. The quantitative estimate of drug-likeness (QED) is 0.850. The molecule has 2 aromatic rings. The minimum absolute atomic E-state index is 0.0226.